The van der Waals surface area contributed by atoms with Crippen LogP contribution >= 0.6 is 0 Å². The van der Waals surface area contributed by atoms with Crippen LogP contribution in [0.5, 0.6) is 0 Å². The molecule has 0 aromatic carbocycles. The summed E-state index contributed by atoms with van der Waals surface area (Å²) in [5, 5.41) is 37.3. The minimum Gasteiger partial charge on any atom is -0.463 e. The summed E-state index contributed by atoms with van der Waals surface area (Å²) in [4.78, 5) is 11.4. The van der Waals surface area contributed by atoms with Crippen LogP contribution in [-0.2, 0) is 9.53 Å². The third kappa shape index (κ3) is 19.4. The zero-order valence-corrected chi connectivity index (χ0v) is 17.5. The number of hydrogen-bond acceptors (Lipinski definition) is 6. The smallest absolute Gasteiger partial charge is 0.305 e. The highest BCUT2D eigenvalue weighted by Gasteiger charge is 2.08. The van der Waals surface area contributed by atoms with E-state index in [9.17, 15) is 15.0 Å². The summed E-state index contributed by atoms with van der Waals surface area (Å²) in [6.45, 7) is 1.48. The van der Waals surface area contributed by atoms with Crippen LogP contribution in [0, 0.1) is 0 Å². The van der Waals surface area contributed by atoms with Crippen molar-refractivity contribution in [1.29, 1.82) is 0 Å². The summed E-state index contributed by atoms with van der Waals surface area (Å²) in [5.41, 5.74) is 0. The first-order valence-electron chi connectivity index (χ1n) is 10.5. The first-order valence-corrected chi connectivity index (χ1v) is 10.5. The molecule has 0 saturated heterocycles. The van der Waals surface area contributed by atoms with E-state index in [1.54, 1.807) is 18.2 Å². The standard InChI is InChI=1S/C23H38O6/c1-2-3-9-13-20(25)14-10-7-5-4-6-8-11-15-21(26)16-12-17-23(28)29-19-22(27)18-24/h5-8,10-11,14-15,20-22,24-27H,2-4,9,12-13,16-19H2,1H3/b7-5-,8-6-,14-10+,15-11+/t20-,21-,22-/m0/s1. The zero-order valence-electron chi connectivity index (χ0n) is 17.5. The molecule has 0 rings (SSSR count). The molecule has 0 aliphatic heterocycles. The first-order chi connectivity index (χ1) is 14.0. The minimum atomic E-state index is -1.05. The van der Waals surface area contributed by atoms with Crippen molar-refractivity contribution in [2.24, 2.45) is 0 Å². The third-order valence-corrected chi connectivity index (χ3v) is 4.06. The largest absolute Gasteiger partial charge is 0.463 e. The molecule has 29 heavy (non-hydrogen) atoms. The third-order valence-electron chi connectivity index (χ3n) is 4.06. The lowest BCUT2D eigenvalue weighted by Crippen LogP contribution is -2.21. The molecule has 0 fully saturated rings. The van der Waals surface area contributed by atoms with Crippen molar-refractivity contribution < 1.29 is 30.0 Å². The van der Waals surface area contributed by atoms with Gasteiger partial charge in [-0.3, -0.25) is 4.79 Å². The molecule has 3 atom stereocenters. The Morgan fingerprint density at radius 1 is 0.897 bits per heavy atom. The van der Waals surface area contributed by atoms with Crippen LogP contribution in [0.2, 0.25) is 0 Å². The maximum Gasteiger partial charge on any atom is 0.305 e. The first kappa shape index (κ1) is 27.3. The van der Waals surface area contributed by atoms with E-state index in [0.29, 0.717) is 12.8 Å². The number of hydrogen-bond donors (Lipinski definition) is 4. The molecule has 4 N–H and O–H groups in total. The lowest BCUT2D eigenvalue weighted by molar-refractivity contribution is -0.147. The van der Waals surface area contributed by atoms with E-state index in [0.717, 1.165) is 32.1 Å². The van der Waals surface area contributed by atoms with E-state index in [2.05, 4.69) is 6.92 Å². The quantitative estimate of drug-likeness (QED) is 0.167. The molecular weight excluding hydrogens is 372 g/mol. The molecule has 0 aromatic heterocycles. The fraction of sp³-hybridized carbons (Fsp3) is 0.609. The van der Waals surface area contributed by atoms with Crippen LogP contribution in [0.4, 0.5) is 0 Å². The average Bonchev–Trinajstić information content (AvgIpc) is 2.70. The number of rotatable bonds is 17. The Hall–Kier alpha value is -1.73. The molecule has 0 spiro atoms. The van der Waals surface area contributed by atoms with Crippen LogP contribution < -0.4 is 0 Å². The Morgan fingerprint density at radius 2 is 1.48 bits per heavy atom. The van der Waals surface area contributed by atoms with Gasteiger partial charge in [0, 0.05) is 6.42 Å². The Balaban J connectivity index is 3.80. The lowest BCUT2D eigenvalue weighted by atomic mass is 10.1. The van der Waals surface area contributed by atoms with E-state index in [4.69, 9.17) is 14.9 Å². The molecule has 166 valence electrons. The molecule has 0 saturated carbocycles. The Bertz CT molecular complexity index is 509. The van der Waals surface area contributed by atoms with Gasteiger partial charge in [-0.05, 0) is 25.7 Å². The maximum absolute atomic E-state index is 11.4. The van der Waals surface area contributed by atoms with Crippen molar-refractivity contribution in [1.82, 2.24) is 0 Å². The second-order valence-corrected chi connectivity index (χ2v) is 6.90. The predicted molar refractivity (Wildman–Crippen MR) is 115 cm³/mol. The molecule has 0 radical (unpaired) electrons. The average molecular weight is 411 g/mol. The van der Waals surface area contributed by atoms with Crippen molar-refractivity contribution in [2.45, 2.75) is 76.6 Å². The van der Waals surface area contributed by atoms with Crippen molar-refractivity contribution in [3.05, 3.63) is 48.6 Å². The summed E-state index contributed by atoms with van der Waals surface area (Å²) >= 11 is 0. The molecule has 0 amide bonds. The summed E-state index contributed by atoms with van der Waals surface area (Å²) in [5.74, 6) is -0.456. The predicted octanol–water partition coefficient (Wildman–Crippen LogP) is 2.97. The molecule has 0 aliphatic carbocycles. The van der Waals surface area contributed by atoms with Gasteiger partial charge in [0.1, 0.15) is 12.7 Å². The second kappa shape index (κ2) is 19.6. The van der Waals surface area contributed by atoms with Crippen molar-refractivity contribution in [2.75, 3.05) is 13.2 Å². The number of esters is 1. The molecule has 6 heteroatoms. The van der Waals surface area contributed by atoms with Crippen molar-refractivity contribution in [3.8, 4) is 0 Å². The van der Waals surface area contributed by atoms with Gasteiger partial charge in [0.05, 0.1) is 18.8 Å². The highest BCUT2D eigenvalue weighted by atomic mass is 16.5. The van der Waals surface area contributed by atoms with E-state index >= 15 is 0 Å². The van der Waals surface area contributed by atoms with Gasteiger partial charge in [0.25, 0.3) is 0 Å². The molecule has 0 unspecified atom stereocenters. The molecule has 0 aliphatic rings. The van der Waals surface area contributed by atoms with Crippen LogP contribution in [0.25, 0.3) is 0 Å². The van der Waals surface area contributed by atoms with Gasteiger partial charge < -0.3 is 25.2 Å². The number of carbonyl (C=O) groups is 1. The SMILES string of the molecule is CCCCC[C@H](O)/C=C/C=C\C/C=C\C=C\[C@H](O)CCCC(=O)OC[C@@H](O)CO. The van der Waals surface area contributed by atoms with Crippen LogP contribution in [-0.4, -0.2) is 57.9 Å². The van der Waals surface area contributed by atoms with Crippen LogP contribution in [0.1, 0.15) is 58.3 Å². The Labute approximate surface area is 174 Å². The number of ether oxygens (including phenoxy) is 1. The lowest BCUT2D eigenvalue weighted by Gasteiger charge is -2.09. The van der Waals surface area contributed by atoms with Crippen LogP contribution in [0.3, 0.4) is 0 Å². The molecule has 6 nitrogen and oxygen atoms in total. The fourth-order valence-corrected chi connectivity index (χ4v) is 2.34. The number of aliphatic hydroxyl groups excluding tert-OH is 4. The van der Waals surface area contributed by atoms with Gasteiger partial charge in [-0.15, -0.1) is 0 Å². The zero-order chi connectivity index (χ0) is 21.7. The van der Waals surface area contributed by atoms with E-state index in [-0.39, 0.29) is 19.1 Å². The second-order valence-electron chi connectivity index (χ2n) is 6.90. The summed E-state index contributed by atoms with van der Waals surface area (Å²) in [7, 11) is 0. The molecule has 0 aromatic rings. The van der Waals surface area contributed by atoms with Gasteiger partial charge in [0.2, 0.25) is 0 Å². The maximum atomic E-state index is 11.4. The van der Waals surface area contributed by atoms with E-state index in [1.165, 1.54) is 0 Å². The Morgan fingerprint density at radius 3 is 2.03 bits per heavy atom. The van der Waals surface area contributed by atoms with Gasteiger partial charge in [-0.1, -0.05) is 74.8 Å². The highest BCUT2D eigenvalue weighted by Crippen LogP contribution is 2.05. The number of allylic oxidation sites excluding steroid dienone is 6. The van der Waals surface area contributed by atoms with Crippen molar-refractivity contribution >= 4 is 5.97 Å². The molecule has 0 heterocycles. The van der Waals surface area contributed by atoms with Gasteiger partial charge in [0.15, 0.2) is 0 Å². The Kier molecular flexibility index (Phi) is 18.4. The fourth-order valence-electron chi connectivity index (χ4n) is 2.34. The monoisotopic (exact) mass is 410 g/mol. The molecule has 0 bridgehead atoms. The molecular formula is C23H38O6. The summed E-state index contributed by atoms with van der Waals surface area (Å²) in [6.07, 6.45) is 18.7. The van der Waals surface area contributed by atoms with E-state index < -0.39 is 24.8 Å². The summed E-state index contributed by atoms with van der Waals surface area (Å²) < 4.78 is 4.78. The topological polar surface area (TPSA) is 107 Å². The van der Waals surface area contributed by atoms with Crippen LogP contribution in [0.15, 0.2) is 48.6 Å². The van der Waals surface area contributed by atoms with Gasteiger partial charge in [-0.25, -0.2) is 0 Å². The van der Waals surface area contributed by atoms with Gasteiger partial charge in [-0.2, -0.15) is 0 Å². The van der Waals surface area contributed by atoms with E-state index in [1.807, 2.05) is 30.4 Å². The minimum absolute atomic E-state index is 0.157. The normalized spacial score (nSPS) is 15.6. The number of aliphatic hydroxyl groups is 4. The number of carbonyl (C=O) groups excluding carboxylic acids is 1. The number of unbranched alkanes of at least 4 members (excludes halogenated alkanes) is 2. The summed E-state index contributed by atoms with van der Waals surface area (Å²) in [6, 6.07) is 0. The van der Waals surface area contributed by atoms with Gasteiger partial charge >= 0.3 is 5.97 Å². The highest BCUT2D eigenvalue weighted by molar-refractivity contribution is 5.69. The van der Waals surface area contributed by atoms with Crippen molar-refractivity contribution in [3.63, 3.8) is 0 Å².